The normalized spacial score (nSPS) is 25.4. The molecule has 27 heavy (non-hydrogen) atoms. The summed E-state index contributed by atoms with van der Waals surface area (Å²) < 4.78 is 13.9. The quantitative estimate of drug-likeness (QED) is 0.813. The smallest absolute Gasteiger partial charge is 0.237 e. The van der Waals surface area contributed by atoms with Gasteiger partial charge in [0.2, 0.25) is 11.8 Å². The second-order valence-corrected chi connectivity index (χ2v) is 8.14. The van der Waals surface area contributed by atoms with E-state index in [9.17, 15) is 14.0 Å². The lowest BCUT2D eigenvalue weighted by molar-refractivity contribution is -0.155. The summed E-state index contributed by atoms with van der Waals surface area (Å²) in [6, 6.07) is 6.77. The fourth-order valence-electron chi connectivity index (χ4n) is 4.82. The zero-order chi connectivity index (χ0) is 19.6. The molecule has 1 aromatic rings. The van der Waals surface area contributed by atoms with Gasteiger partial charge in [-0.25, -0.2) is 4.39 Å². The van der Waals surface area contributed by atoms with Crippen molar-refractivity contribution >= 4 is 11.8 Å². The molecule has 0 N–H and O–H groups in total. The number of carbonyl (C=O) groups is 2. The van der Waals surface area contributed by atoms with E-state index in [1.54, 1.807) is 19.1 Å². The minimum Gasteiger partial charge on any atom is -0.338 e. The molecule has 0 bridgehead atoms. The first kappa shape index (κ1) is 19.8. The third kappa shape index (κ3) is 4.00. The molecule has 0 aromatic heterocycles. The lowest BCUT2D eigenvalue weighted by Crippen LogP contribution is -2.68. The van der Waals surface area contributed by atoms with Crippen LogP contribution in [0.5, 0.6) is 0 Å². The summed E-state index contributed by atoms with van der Waals surface area (Å²) in [5.41, 5.74) is 0.286. The van der Waals surface area contributed by atoms with E-state index in [-0.39, 0.29) is 35.8 Å². The second-order valence-electron chi connectivity index (χ2n) is 8.14. The van der Waals surface area contributed by atoms with Gasteiger partial charge in [-0.15, -0.1) is 0 Å². The number of carbonyl (C=O) groups excluding carboxylic acids is 2. The van der Waals surface area contributed by atoms with Crippen LogP contribution in [-0.2, 0) is 16.1 Å². The molecular formula is C21H30FN3O2. The Morgan fingerprint density at radius 1 is 1.26 bits per heavy atom. The van der Waals surface area contributed by atoms with Crippen molar-refractivity contribution in [1.82, 2.24) is 14.7 Å². The Bertz CT molecular complexity index is 710. The van der Waals surface area contributed by atoms with E-state index in [1.807, 2.05) is 27.8 Å². The van der Waals surface area contributed by atoms with Crippen LogP contribution >= 0.6 is 0 Å². The molecule has 6 heteroatoms. The summed E-state index contributed by atoms with van der Waals surface area (Å²) in [5, 5.41) is 0. The van der Waals surface area contributed by atoms with Gasteiger partial charge in [-0.05, 0) is 45.7 Å². The molecule has 2 heterocycles. The predicted molar refractivity (Wildman–Crippen MR) is 102 cm³/mol. The molecule has 148 valence electrons. The van der Waals surface area contributed by atoms with Gasteiger partial charge < -0.3 is 9.80 Å². The first-order valence-corrected chi connectivity index (χ1v) is 9.82. The van der Waals surface area contributed by atoms with Crippen LogP contribution in [0.15, 0.2) is 24.3 Å². The number of likely N-dealkylation sites (tertiary alicyclic amines) is 2. The highest BCUT2D eigenvalue weighted by Crippen LogP contribution is 2.39. The van der Waals surface area contributed by atoms with Crippen LogP contribution in [0.3, 0.4) is 0 Å². The van der Waals surface area contributed by atoms with Gasteiger partial charge in [0.1, 0.15) is 5.82 Å². The second kappa shape index (κ2) is 7.97. The fraction of sp³-hybridized carbons (Fsp3) is 0.619. The number of hydrogen-bond donors (Lipinski definition) is 0. The van der Waals surface area contributed by atoms with Crippen LogP contribution in [0.4, 0.5) is 4.39 Å². The summed E-state index contributed by atoms with van der Waals surface area (Å²) >= 11 is 0. The number of fused-ring (bicyclic) bond motifs is 1. The number of rotatable bonds is 4. The van der Waals surface area contributed by atoms with Crippen LogP contribution < -0.4 is 0 Å². The minimum absolute atomic E-state index is 0.0615. The predicted octanol–water partition coefficient (Wildman–Crippen LogP) is 2.65. The molecule has 3 rings (SSSR count). The molecular weight excluding hydrogens is 345 g/mol. The molecule has 2 saturated heterocycles. The summed E-state index contributed by atoms with van der Waals surface area (Å²) in [6.45, 7) is 5.90. The summed E-state index contributed by atoms with van der Waals surface area (Å²) in [6.07, 6.45) is 3.70. The van der Waals surface area contributed by atoms with Crippen LogP contribution in [0.1, 0.15) is 45.1 Å². The Labute approximate surface area is 161 Å². The van der Waals surface area contributed by atoms with Crippen molar-refractivity contribution in [3.63, 3.8) is 0 Å². The Kier molecular flexibility index (Phi) is 5.84. The molecule has 2 aliphatic heterocycles. The zero-order valence-corrected chi connectivity index (χ0v) is 16.6. The van der Waals surface area contributed by atoms with Gasteiger partial charge in [0.25, 0.3) is 0 Å². The fourth-order valence-corrected chi connectivity index (χ4v) is 4.82. The molecule has 0 spiro atoms. The van der Waals surface area contributed by atoms with Gasteiger partial charge >= 0.3 is 0 Å². The molecule has 1 aromatic carbocycles. The van der Waals surface area contributed by atoms with Gasteiger partial charge in [-0.2, -0.15) is 0 Å². The Morgan fingerprint density at radius 2 is 2.00 bits per heavy atom. The number of benzene rings is 1. The number of nitrogens with zero attached hydrogens (tertiary/aromatic N) is 3. The number of hydrogen-bond acceptors (Lipinski definition) is 3. The summed E-state index contributed by atoms with van der Waals surface area (Å²) in [4.78, 5) is 31.0. The third-order valence-electron chi connectivity index (χ3n) is 6.16. The number of piperidine rings is 2. The molecule has 2 amide bonds. The maximum Gasteiger partial charge on any atom is 0.237 e. The first-order chi connectivity index (χ1) is 12.8. The van der Waals surface area contributed by atoms with E-state index >= 15 is 0 Å². The minimum atomic E-state index is -0.307. The number of halogens is 1. The highest BCUT2D eigenvalue weighted by molar-refractivity contribution is 5.80. The van der Waals surface area contributed by atoms with E-state index < -0.39 is 0 Å². The van der Waals surface area contributed by atoms with E-state index in [2.05, 4.69) is 6.92 Å². The highest BCUT2D eigenvalue weighted by atomic mass is 19.1. The monoisotopic (exact) mass is 375 g/mol. The Morgan fingerprint density at radius 3 is 2.70 bits per heavy atom. The van der Waals surface area contributed by atoms with E-state index in [4.69, 9.17) is 0 Å². The van der Waals surface area contributed by atoms with E-state index in [1.165, 1.54) is 6.07 Å². The van der Waals surface area contributed by atoms with Crippen molar-refractivity contribution in [2.24, 2.45) is 0 Å². The molecule has 0 unspecified atom stereocenters. The highest BCUT2D eigenvalue weighted by Gasteiger charge is 2.49. The summed E-state index contributed by atoms with van der Waals surface area (Å²) in [5.74, 6) is -0.0884. The van der Waals surface area contributed by atoms with Crippen LogP contribution in [0, 0.1) is 5.82 Å². The van der Waals surface area contributed by atoms with Crippen molar-refractivity contribution < 1.29 is 14.0 Å². The average molecular weight is 375 g/mol. The van der Waals surface area contributed by atoms with Crippen molar-refractivity contribution in [3.05, 3.63) is 35.6 Å². The van der Waals surface area contributed by atoms with Crippen LogP contribution in [0.25, 0.3) is 0 Å². The third-order valence-corrected chi connectivity index (χ3v) is 6.16. The van der Waals surface area contributed by atoms with Gasteiger partial charge in [0.15, 0.2) is 0 Å². The standard InChI is InChI=1S/C21H30FN3O2/c1-16(26)24-12-7-11-21(2)19(24)10-6-13-25(21)20(27)15-23(3)14-17-8-4-5-9-18(17)22/h4-5,8-9,19H,6-7,10-15H2,1-3H3/t19-,21-/m0/s1. The largest absolute Gasteiger partial charge is 0.338 e. The number of amides is 2. The maximum absolute atomic E-state index is 13.9. The molecule has 2 fully saturated rings. The lowest BCUT2D eigenvalue weighted by atomic mass is 9.76. The van der Waals surface area contributed by atoms with Gasteiger partial charge in [0.05, 0.1) is 18.1 Å². The maximum atomic E-state index is 13.9. The first-order valence-electron chi connectivity index (χ1n) is 9.82. The average Bonchev–Trinajstić information content (AvgIpc) is 2.61. The van der Waals surface area contributed by atoms with Crippen molar-refractivity contribution in [2.75, 3.05) is 26.7 Å². The van der Waals surface area contributed by atoms with Crippen molar-refractivity contribution in [1.29, 1.82) is 0 Å². The van der Waals surface area contributed by atoms with Crippen LogP contribution in [-0.4, -0.2) is 64.8 Å². The van der Waals surface area contributed by atoms with Crippen molar-refractivity contribution in [2.45, 2.75) is 57.7 Å². The molecule has 0 saturated carbocycles. The topological polar surface area (TPSA) is 43.9 Å². The molecule has 0 radical (unpaired) electrons. The van der Waals surface area contributed by atoms with Gasteiger partial charge in [-0.3, -0.25) is 14.5 Å². The van der Waals surface area contributed by atoms with E-state index in [0.29, 0.717) is 12.1 Å². The SMILES string of the molecule is CC(=O)N1CCC[C@@]2(C)[C@@H]1CCCN2C(=O)CN(C)Cc1ccccc1F. The molecule has 2 aliphatic rings. The molecule has 2 atom stereocenters. The van der Waals surface area contributed by atoms with Crippen LogP contribution in [0.2, 0.25) is 0 Å². The lowest BCUT2D eigenvalue weighted by Gasteiger charge is -2.56. The van der Waals surface area contributed by atoms with Crippen molar-refractivity contribution in [3.8, 4) is 0 Å². The molecule has 0 aliphatic carbocycles. The van der Waals surface area contributed by atoms with Gasteiger partial charge in [-0.1, -0.05) is 18.2 Å². The van der Waals surface area contributed by atoms with E-state index in [0.717, 1.165) is 38.8 Å². The van der Waals surface area contributed by atoms with Gasteiger partial charge in [0, 0.05) is 32.1 Å². The summed E-state index contributed by atoms with van der Waals surface area (Å²) in [7, 11) is 1.84. The zero-order valence-electron chi connectivity index (χ0n) is 16.6. The number of likely N-dealkylation sites (N-methyl/N-ethyl adjacent to an activating group) is 1. The molecule has 5 nitrogen and oxygen atoms in total. The Balaban J connectivity index is 1.70. The Hall–Kier alpha value is -1.95.